The van der Waals surface area contributed by atoms with Gasteiger partial charge in [0.15, 0.2) is 0 Å². The van der Waals surface area contributed by atoms with E-state index in [9.17, 15) is 0 Å². The number of aliphatic hydroxyl groups excluding tert-OH is 1. The molecule has 0 radical (unpaired) electrons. The van der Waals surface area contributed by atoms with Crippen molar-refractivity contribution in [1.29, 1.82) is 0 Å². The molecule has 3 nitrogen and oxygen atoms in total. The molecule has 0 heterocycles. The molecule has 0 aliphatic carbocycles. The first kappa shape index (κ1) is 11.9. The van der Waals surface area contributed by atoms with Crippen molar-refractivity contribution in [3.05, 3.63) is 0 Å². The van der Waals surface area contributed by atoms with Crippen molar-refractivity contribution < 1.29 is 5.11 Å². The van der Waals surface area contributed by atoms with Crippen molar-refractivity contribution >= 4 is 0 Å². The van der Waals surface area contributed by atoms with Crippen molar-refractivity contribution in [2.24, 2.45) is 11.7 Å². The molecule has 0 saturated heterocycles. The fourth-order valence-corrected chi connectivity index (χ4v) is 0.961. The summed E-state index contributed by atoms with van der Waals surface area (Å²) in [5.41, 5.74) is 5.84. The van der Waals surface area contributed by atoms with E-state index in [1.807, 2.05) is 0 Å². The predicted molar refractivity (Wildman–Crippen MR) is 51.8 cm³/mol. The van der Waals surface area contributed by atoms with Gasteiger partial charge < -0.3 is 16.2 Å². The van der Waals surface area contributed by atoms with E-state index < -0.39 is 0 Å². The number of rotatable bonds is 7. The van der Waals surface area contributed by atoms with Crippen LogP contribution in [0.5, 0.6) is 0 Å². The van der Waals surface area contributed by atoms with E-state index in [2.05, 4.69) is 19.2 Å². The van der Waals surface area contributed by atoms with Crippen LogP contribution in [0.1, 0.15) is 33.1 Å². The van der Waals surface area contributed by atoms with Crippen LogP contribution in [0, 0.1) is 5.92 Å². The van der Waals surface area contributed by atoms with Crippen LogP contribution in [0.2, 0.25) is 0 Å². The molecule has 2 unspecified atom stereocenters. The summed E-state index contributed by atoms with van der Waals surface area (Å²) in [5.74, 6) is 0.527. The van der Waals surface area contributed by atoms with E-state index >= 15 is 0 Å². The van der Waals surface area contributed by atoms with Crippen LogP contribution in [0.3, 0.4) is 0 Å². The maximum absolute atomic E-state index is 8.53. The van der Waals surface area contributed by atoms with Gasteiger partial charge in [0, 0.05) is 6.61 Å². The van der Waals surface area contributed by atoms with Crippen LogP contribution < -0.4 is 11.1 Å². The van der Waals surface area contributed by atoms with Crippen molar-refractivity contribution in [1.82, 2.24) is 5.32 Å². The van der Waals surface area contributed by atoms with E-state index in [0.29, 0.717) is 5.92 Å². The third-order valence-electron chi connectivity index (χ3n) is 2.22. The molecule has 0 spiro atoms. The highest BCUT2D eigenvalue weighted by molar-refractivity contribution is 4.65. The van der Waals surface area contributed by atoms with Gasteiger partial charge in [0.25, 0.3) is 0 Å². The first-order chi connectivity index (χ1) is 5.72. The molecule has 3 heteroatoms. The van der Waals surface area contributed by atoms with Gasteiger partial charge in [-0.15, -0.1) is 0 Å². The molecule has 12 heavy (non-hydrogen) atoms. The summed E-state index contributed by atoms with van der Waals surface area (Å²) in [6, 6.07) is 0. The average Bonchev–Trinajstić information content (AvgIpc) is 2.10. The molecule has 2 atom stereocenters. The highest BCUT2D eigenvalue weighted by atomic mass is 16.2. The standard InChI is InChI=1S/C9H22N2O/c1-3-8(2)9(10)11-6-4-5-7-12/h8-9,11-12H,3-7,10H2,1-2H3. The molecule has 0 aromatic rings. The lowest BCUT2D eigenvalue weighted by molar-refractivity contribution is 0.280. The quantitative estimate of drug-likeness (QED) is 0.393. The SMILES string of the molecule is CCC(C)C(N)NCCCCO. The van der Waals surface area contributed by atoms with E-state index in [1.54, 1.807) is 0 Å². The summed E-state index contributed by atoms with van der Waals surface area (Å²) in [6.45, 7) is 5.47. The minimum Gasteiger partial charge on any atom is -0.396 e. The topological polar surface area (TPSA) is 58.3 Å². The van der Waals surface area contributed by atoms with Crippen LogP contribution in [0.15, 0.2) is 0 Å². The molecular formula is C9H22N2O. The fourth-order valence-electron chi connectivity index (χ4n) is 0.961. The van der Waals surface area contributed by atoms with Gasteiger partial charge in [-0.05, 0) is 25.3 Å². The summed E-state index contributed by atoms with van der Waals surface area (Å²) in [4.78, 5) is 0. The molecule has 0 aliphatic rings. The maximum Gasteiger partial charge on any atom is 0.0572 e. The van der Waals surface area contributed by atoms with Crippen molar-refractivity contribution in [2.45, 2.75) is 39.3 Å². The Kier molecular flexibility index (Phi) is 7.45. The zero-order chi connectivity index (χ0) is 9.40. The Balaban J connectivity index is 3.24. The van der Waals surface area contributed by atoms with Crippen LogP contribution in [-0.4, -0.2) is 24.4 Å². The van der Waals surface area contributed by atoms with Crippen molar-refractivity contribution in [3.8, 4) is 0 Å². The normalized spacial score (nSPS) is 16.0. The fraction of sp³-hybridized carbons (Fsp3) is 1.00. The zero-order valence-electron chi connectivity index (χ0n) is 8.21. The molecule has 0 amide bonds. The molecule has 0 fully saturated rings. The highest BCUT2D eigenvalue weighted by Crippen LogP contribution is 2.02. The monoisotopic (exact) mass is 174 g/mol. The summed E-state index contributed by atoms with van der Waals surface area (Å²) in [7, 11) is 0. The van der Waals surface area contributed by atoms with Gasteiger partial charge in [-0.1, -0.05) is 20.3 Å². The van der Waals surface area contributed by atoms with Gasteiger partial charge in [0.05, 0.1) is 6.17 Å². The number of unbranched alkanes of at least 4 members (excludes halogenated alkanes) is 1. The minimum absolute atomic E-state index is 0.105. The van der Waals surface area contributed by atoms with E-state index in [1.165, 1.54) is 0 Å². The lowest BCUT2D eigenvalue weighted by Crippen LogP contribution is -2.42. The van der Waals surface area contributed by atoms with E-state index in [0.717, 1.165) is 25.8 Å². The lowest BCUT2D eigenvalue weighted by atomic mass is 10.1. The Morgan fingerprint density at radius 2 is 2.08 bits per heavy atom. The van der Waals surface area contributed by atoms with Crippen molar-refractivity contribution in [2.75, 3.05) is 13.2 Å². The Bertz CT molecular complexity index is 98.5. The molecule has 74 valence electrons. The summed E-state index contributed by atoms with van der Waals surface area (Å²) >= 11 is 0. The largest absolute Gasteiger partial charge is 0.396 e. The molecule has 0 saturated carbocycles. The molecular weight excluding hydrogens is 152 g/mol. The number of hydrogen-bond acceptors (Lipinski definition) is 3. The van der Waals surface area contributed by atoms with Gasteiger partial charge in [0.1, 0.15) is 0 Å². The van der Waals surface area contributed by atoms with Gasteiger partial charge in [0.2, 0.25) is 0 Å². The van der Waals surface area contributed by atoms with Gasteiger partial charge in [-0.2, -0.15) is 0 Å². The minimum atomic E-state index is 0.105. The molecule has 4 N–H and O–H groups in total. The van der Waals surface area contributed by atoms with Crippen LogP contribution in [-0.2, 0) is 0 Å². The first-order valence-electron chi connectivity index (χ1n) is 4.82. The number of nitrogens with one attached hydrogen (secondary N) is 1. The Hall–Kier alpha value is -0.120. The summed E-state index contributed by atoms with van der Waals surface area (Å²) in [5, 5.41) is 11.8. The third-order valence-corrected chi connectivity index (χ3v) is 2.22. The van der Waals surface area contributed by atoms with Gasteiger partial charge >= 0.3 is 0 Å². The predicted octanol–water partition coefficient (Wildman–Crippen LogP) is 0.679. The molecule has 0 bridgehead atoms. The second kappa shape index (κ2) is 7.53. The second-order valence-electron chi connectivity index (χ2n) is 3.30. The van der Waals surface area contributed by atoms with Crippen molar-refractivity contribution in [3.63, 3.8) is 0 Å². The number of aliphatic hydroxyl groups is 1. The first-order valence-corrected chi connectivity index (χ1v) is 4.82. The highest BCUT2D eigenvalue weighted by Gasteiger charge is 2.08. The van der Waals surface area contributed by atoms with Gasteiger partial charge in [-0.25, -0.2) is 0 Å². The van der Waals surface area contributed by atoms with Crippen LogP contribution in [0.25, 0.3) is 0 Å². The third kappa shape index (κ3) is 5.52. The van der Waals surface area contributed by atoms with Crippen LogP contribution in [0.4, 0.5) is 0 Å². The number of nitrogens with two attached hydrogens (primary N) is 1. The zero-order valence-corrected chi connectivity index (χ0v) is 8.21. The maximum atomic E-state index is 8.53. The lowest BCUT2D eigenvalue weighted by Gasteiger charge is -2.19. The second-order valence-corrected chi connectivity index (χ2v) is 3.30. The molecule has 0 aromatic heterocycles. The Morgan fingerprint density at radius 1 is 1.42 bits per heavy atom. The van der Waals surface area contributed by atoms with Crippen LogP contribution >= 0.6 is 0 Å². The van der Waals surface area contributed by atoms with Gasteiger partial charge in [-0.3, -0.25) is 0 Å². The Labute approximate surface area is 75.3 Å². The summed E-state index contributed by atoms with van der Waals surface area (Å²) in [6.07, 6.45) is 3.07. The smallest absolute Gasteiger partial charge is 0.0572 e. The molecule has 0 rings (SSSR count). The Morgan fingerprint density at radius 3 is 2.58 bits per heavy atom. The van der Waals surface area contributed by atoms with E-state index in [4.69, 9.17) is 10.8 Å². The average molecular weight is 174 g/mol. The summed E-state index contributed by atoms with van der Waals surface area (Å²) < 4.78 is 0. The molecule has 0 aromatic carbocycles. The number of hydrogen-bond donors (Lipinski definition) is 3. The molecule has 0 aliphatic heterocycles. The van der Waals surface area contributed by atoms with E-state index in [-0.39, 0.29) is 12.8 Å².